The van der Waals surface area contributed by atoms with Gasteiger partial charge < -0.3 is 15.8 Å². The summed E-state index contributed by atoms with van der Waals surface area (Å²) in [7, 11) is 0. The lowest BCUT2D eigenvalue weighted by Crippen LogP contribution is -2.15. The van der Waals surface area contributed by atoms with Gasteiger partial charge in [-0.05, 0) is 48.9 Å². The molecule has 1 atom stereocenters. The standard InChI is InChI=1S/C18H15ClN2O4/c1-9-13-6-10(2-5-15(13)21-17(9)23)16(22)8-25-18(24)12-4-3-11(19)7-14(12)20/h2-7,9H,8,20H2,1H3,(H,21,23)/t9-/m1/s1. The SMILES string of the molecule is C[C@H]1C(=O)Nc2ccc(C(=O)COC(=O)c3ccc(Cl)cc3N)cc21. The first-order valence-electron chi connectivity index (χ1n) is 7.57. The lowest BCUT2D eigenvalue weighted by Gasteiger charge is -2.08. The fourth-order valence-electron chi connectivity index (χ4n) is 2.60. The zero-order valence-corrected chi connectivity index (χ0v) is 14.1. The van der Waals surface area contributed by atoms with Crippen LogP contribution in [0.5, 0.6) is 0 Å². The predicted octanol–water partition coefficient (Wildman–Crippen LogP) is 3.02. The number of Topliss-reactive ketones (excluding diaryl/α,β-unsaturated/α-hetero) is 1. The van der Waals surface area contributed by atoms with Crippen LogP contribution in [0.4, 0.5) is 11.4 Å². The summed E-state index contributed by atoms with van der Waals surface area (Å²) in [5.41, 5.74) is 7.87. The molecule has 1 amide bonds. The molecule has 1 heterocycles. The van der Waals surface area contributed by atoms with Gasteiger partial charge in [-0.15, -0.1) is 0 Å². The van der Waals surface area contributed by atoms with Gasteiger partial charge in [-0.25, -0.2) is 4.79 Å². The average Bonchev–Trinajstić information content (AvgIpc) is 2.86. The van der Waals surface area contributed by atoms with Gasteiger partial charge in [0, 0.05) is 22.0 Å². The molecular weight excluding hydrogens is 344 g/mol. The first-order chi connectivity index (χ1) is 11.9. The number of nitrogen functional groups attached to an aromatic ring is 1. The van der Waals surface area contributed by atoms with Crippen LogP contribution in [0.15, 0.2) is 36.4 Å². The van der Waals surface area contributed by atoms with E-state index in [9.17, 15) is 14.4 Å². The number of hydrogen-bond acceptors (Lipinski definition) is 5. The van der Waals surface area contributed by atoms with Crippen LogP contribution >= 0.6 is 11.6 Å². The van der Waals surface area contributed by atoms with Crippen LogP contribution in [0.3, 0.4) is 0 Å². The second-order valence-corrected chi connectivity index (χ2v) is 6.18. The summed E-state index contributed by atoms with van der Waals surface area (Å²) in [6.45, 7) is 1.34. The van der Waals surface area contributed by atoms with E-state index >= 15 is 0 Å². The highest BCUT2D eigenvalue weighted by atomic mass is 35.5. The molecule has 0 aliphatic carbocycles. The molecule has 128 valence electrons. The Morgan fingerprint density at radius 1 is 1.24 bits per heavy atom. The minimum absolute atomic E-state index is 0.107. The minimum atomic E-state index is -0.700. The first kappa shape index (κ1) is 17.0. The second-order valence-electron chi connectivity index (χ2n) is 5.74. The van der Waals surface area contributed by atoms with Crippen LogP contribution in [-0.4, -0.2) is 24.3 Å². The Morgan fingerprint density at radius 2 is 2.00 bits per heavy atom. The number of ether oxygens (including phenoxy) is 1. The van der Waals surface area contributed by atoms with E-state index in [2.05, 4.69) is 5.32 Å². The summed E-state index contributed by atoms with van der Waals surface area (Å²) in [5, 5.41) is 3.14. The van der Waals surface area contributed by atoms with Crippen molar-refractivity contribution < 1.29 is 19.1 Å². The molecule has 0 radical (unpaired) electrons. The monoisotopic (exact) mass is 358 g/mol. The summed E-state index contributed by atoms with van der Waals surface area (Å²) < 4.78 is 5.04. The number of rotatable bonds is 4. The maximum Gasteiger partial charge on any atom is 0.340 e. The third-order valence-corrected chi connectivity index (χ3v) is 4.29. The molecular formula is C18H15ClN2O4. The first-order valence-corrected chi connectivity index (χ1v) is 7.95. The van der Waals surface area contributed by atoms with Gasteiger partial charge in [0.15, 0.2) is 12.4 Å². The maximum atomic E-state index is 12.3. The number of hydrogen-bond donors (Lipinski definition) is 2. The van der Waals surface area contributed by atoms with E-state index in [0.29, 0.717) is 16.3 Å². The second kappa shape index (κ2) is 6.57. The van der Waals surface area contributed by atoms with Crippen LogP contribution in [0.25, 0.3) is 0 Å². The Hall–Kier alpha value is -2.86. The summed E-state index contributed by atoms with van der Waals surface area (Å²) in [6, 6.07) is 9.30. The molecule has 2 aromatic carbocycles. The van der Waals surface area contributed by atoms with Crippen molar-refractivity contribution in [2.45, 2.75) is 12.8 Å². The van der Waals surface area contributed by atoms with Crippen molar-refractivity contribution in [3.05, 3.63) is 58.1 Å². The quantitative estimate of drug-likeness (QED) is 0.497. The number of nitrogens with two attached hydrogens (primary N) is 1. The van der Waals surface area contributed by atoms with Gasteiger partial charge in [0.1, 0.15) is 0 Å². The lowest BCUT2D eigenvalue weighted by molar-refractivity contribution is -0.116. The zero-order valence-electron chi connectivity index (χ0n) is 13.3. The van der Waals surface area contributed by atoms with Gasteiger partial charge in [0.25, 0.3) is 0 Å². The molecule has 2 aromatic rings. The molecule has 25 heavy (non-hydrogen) atoms. The van der Waals surface area contributed by atoms with Gasteiger partial charge in [-0.3, -0.25) is 9.59 Å². The molecule has 1 aliphatic heterocycles. The van der Waals surface area contributed by atoms with Gasteiger partial charge in [-0.1, -0.05) is 11.6 Å². The van der Waals surface area contributed by atoms with E-state index in [-0.39, 0.29) is 28.9 Å². The molecule has 6 nitrogen and oxygen atoms in total. The topological polar surface area (TPSA) is 98.5 Å². The lowest BCUT2D eigenvalue weighted by atomic mass is 9.99. The van der Waals surface area contributed by atoms with Crippen LogP contribution in [0, 0.1) is 0 Å². The molecule has 0 aromatic heterocycles. The van der Waals surface area contributed by atoms with Crippen molar-refractivity contribution >= 4 is 40.6 Å². The van der Waals surface area contributed by atoms with Crippen molar-refractivity contribution in [1.29, 1.82) is 0 Å². The number of esters is 1. The maximum absolute atomic E-state index is 12.3. The Bertz CT molecular complexity index is 895. The molecule has 1 aliphatic rings. The zero-order chi connectivity index (χ0) is 18.1. The fourth-order valence-corrected chi connectivity index (χ4v) is 2.78. The predicted molar refractivity (Wildman–Crippen MR) is 94.0 cm³/mol. The highest BCUT2D eigenvalue weighted by molar-refractivity contribution is 6.31. The Morgan fingerprint density at radius 3 is 2.72 bits per heavy atom. The smallest absolute Gasteiger partial charge is 0.340 e. The third-order valence-electron chi connectivity index (χ3n) is 4.06. The molecule has 0 saturated heterocycles. The molecule has 0 saturated carbocycles. The molecule has 0 fully saturated rings. The van der Waals surface area contributed by atoms with Gasteiger partial charge in [0.05, 0.1) is 11.5 Å². The largest absolute Gasteiger partial charge is 0.454 e. The number of halogens is 1. The molecule has 0 bridgehead atoms. The summed E-state index contributed by atoms with van der Waals surface area (Å²) in [4.78, 5) is 36.0. The van der Waals surface area contributed by atoms with E-state index in [4.69, 9.17) is 22.1 Å². The fraction of sp³-hybridized carbons (Fsp3) is 0.167. The highest BCUT2D eigenvalue weighted by Gasteiger charge is 2.27. The Labute approximate surface area is 148 Å². The van der Waals surface area contributed by atoms with E-state index in [1.807, 2.05) is 0 Å². The van der Waals surface area contributed by atoms with Gasteiger partial charge in [0.2, 0.25) is 5.91 Å². The van der Waals surface area contributed by atoms with E-state index in [1.165, 1.54) is 18.2 Å². The van der Waals surface area contributed by atoms with Gasteiger partial charge in [-0.2, -0.15) is 0 Å². The van der Waals surface area contributed by atoms with Crippen LogP contribution < -0.4 is 11.1 Å². The molecule has 0 unspecified atom stereocenters. The van der Waals surface area contributed by atoms with E-state index < -0.39 is 12.6 Å². The van der Waals surface area contributed by atoms with Crippen molar-refractivity contribution in [2.75, 3.05) is 17.7 Å². The average molecular weight is 359 g/mol. The number of amides is 1. The molecule has 3 N–H and O–H groups in total. The summed E-state index contributed by atoms with van der Waals surface area (Å²) in [5.74, 6) is -1.49. The van der Waals surface area contributed by atoms with Crippen molar-refractivity contribution in [3.8, 4) is 0 Å². The Kier molecular flexibility index (Phi) is 4.46. The van der Waals surface area contributed by atoms with E-state index in [1.54, 1.807) is 25.1 Å². The Balaban J connectivity index is 1.69. The van der Waals surface area contributed by atoms with E-state index in [0.717, 1.165) is 5.56 Å². The van der Waals surface area contributed by atoms with Crippen molar-refractivity contribution in [2.24, 2.45) is 0 Å². The van der Waals surface area contributed by atoms with Crippen molar-refractivity contribution in [1.82, 2.24) is 0 Å². The molecule has 7 heteroatoms. The normalized spacial score (nSPS) is 15.4. The van der Waals surface area contributed by atoms with Crippen LogP contribution in [0.2, 0.25) is 5.02 Å². The highest BCUT2D eigenvalue weighted by Crippen LogP contribution is 2.32. The molecule has 3 rings (SSSR count). The number of anilines is 2. The molecule has 0 spiro atoms. The number of ketones is 1. The van der Waals surface area contributed by atoms with Crippen LogP contribution in [-0.2, 0) is 9.53 Å². The number of carbonyl (C=O) groups is 3. The minimum Gasteiger partial charge on any atom is -0.454 e. The van der Waals surface area contributed by atoms with Crippen molar-refractivity contribution in [3.63, 3.8) is 0 Å². The number of carbonyl (C=O) groups excluding carboxylic acids is 3. The number of nitrogens with one attached hydrogen (secondary N) is 1. The third kappa shape index (κ3) is 3.34. The summed E-state index contributed by atoms with van der Waals surface area (Å²) in [6.07, 6.45) is 0. The van der Waals surface area contributed by atoms with Crippen LogP contribution in [0.1, 0.15) is 39.1 Å². The number of benzene rings is 2. The number of fused-ring (bicyclic) bond motifs is 1. The van der Waals surface area contributed by atoms with Gasteiger partial charge >= 0.3 is 5.97 Å². The summed E-state index contributed by atoms with van der Waals surface area (Å²) >= 11 is 5.78.